The van der Waals surface area contributed by atoms with Gasteiger partial charge in [0.05, 0.1) is 12.3 Å². The number of nitrogens with one attached hydrogen (secondary N) is 1. The van der Waals surface area contributed by atoms with Crippen LogP contribution in [-0.4, -0.2) is 23.3 Å². The van der Waals surface area contributed by atoms with Crippen molar-refractivity contribution in [2.75, 3.05) is 6.61 Å². The first-order valence-electron chi connectivity index (χ1n) is 5.11. The Morgan fingerprint density at radius 3 is 2.82 bits per heavy atom. The van der Waals surface area contributed by atoms with E-state index >= 15 is 0 Å². The van der Waals surface area contributed by atoms with Gasteiger partial charge in [0, 0.05) is 10.9 Å². The van der Waals surface area contributed by atoms with Crippen molar-refractivity contribution in [3.05, 3.63) is 35.8 Å². The number of carbonyl (C=O) groups is 2. The number of hydrogen-bond acceptors (Lipinski definition) is 3. The molecule has 0 bridgehead atoms. The van der Waals surface area contributed by atoms with E-state index in [2.05, 4.69) is 9.72 Å². The second kappa shape index (κ2) is 4.37. The van der Waals surface area contributed by atoms with Crippen LogP contribution in [0, 0.1) is 5.82 Å². The number of aromatic amines is 1. The molecule has 0 radical (unpaired) electrons. The number of fused-ring (bicyclic) bond motifs is 1. The number of halogens is 1. The lowest BCUT2D eigenvalue weighted by Crippen LogP contribution is -2.17. The van der Waals surface area contributed by atoms with E-state index in [4.69, 9.17) is 0 Å². The van der Waals surface area contributed by atoms with Crippen molar-refractivity contribution in [2.45, 2.75) is 6.92 Å². The quantitative estimate of drug-likeness (QED) is 0.503. The van der Waals surface area contributed by atoms with E-state index in [-0.39, 0.29) is 12.3 Å². The summed E-state index contributed by atoms with van der Waals surface area (Å²) in [5.74, 6) is -2.07. The minimum absolute atomic E-state index is 0.101. The van der Waals surface area contributed by atoms with Crippen molar-refractivity contribution in [3.8, 4) is 0 Å². The number of ketones is 1. The second-order valence-corrected chi connectivity index (χ2v) is 3.46. The minimum atomic E-state index is -0.917. The molecule has 0 saturated carbocycles. The monoisotopic (exact) mass is 235 g/mol. The molecule has 5 heteroatoms. The lowest BCUT2D eigenvalue weighted by Gasteiger charge is -1.97. The van der Waals surface area contributed by atoms with Gasteiger partial charge in [0.2, 0.25) is 0 Å². The molecule has 2 rings (SSSR count). The van der Waals surface area contributed by atoms with Crippen molar-refractivity contribution in [1.29, 1.82) is 0 Å². The maximum atomic E-state index is 12.9. The molecule has 88 valence electrons. The van der Waals surface area contributed by atoms with Crippen molar-refractivity contribution in [2.24, 2.45) is 0 Å². The maximum absolute atomic E-state index is 12.9. The van der Waals surface area contributed by atoms with Gasteiger partial charge >= 0.3 is 5.97 Å². The summed E-state index contributed by atoms with van der Waals surface area (Å²) in [7, 11) is 0. The summed E-state index contributed by atoms with van der Waals surface area (Å²) < 4.78 is 17.5. The largest absolute Gasteiger partial charge is 0.460 e. The molecule has 4 nitrogen and oxygen atoms in total. The highest BCUT2D eigenvalue weighted by atomic mass is 19.1. The molecule has 0 saturated heterocycles. The molecule has 0 atom stereocenters. The summed E-state index contributed by atoms with van der Waals surface area (Å²) >= 11 is 0. The smallest absolute Gasteiger partial charge is 0.381 e. The fraction of sp³-hybridized carbons (Fsp3) is 0.167. The number of ether oxygens (including phenoxy) is 1. The van der Waals surface area contributed by atoms with Gasteiger partial charge in [-0.15, -0.1) is 0 Å². The Hall–Kier alpha value is -2.17. The van der Waals surface area contributed by atoms with Gasteiger partial charge in [-0.25, -0.2) is 9.18 Å². The van der Waals surface area contributed by atoms with Gasteiger partial charge in [0.1, 0.15) is 5.82 Å². The molecule has 0 aliphatic carbocycles. The van der Waals surface area contributed by atoms with Crippen molar-refractivity contribution in [3.63, 3.8) is 0 Å². The van der Waals surface area contributed by atoms with Crippen molar-refractivity contribution >= 4 is 22.7 Å². The van der Waals surface area contributed by atoms with Crippen LogP contribution in [0.5, 0.6) is 0 Å². The summed E-state index contributed by atoms with van der Waals surface area (Å²) in [5.41, 5.74) is 0.697. The van der Waals surface area contributed by atoms with Gasteiger partial charge in [0.25, 0.3) is 5.78 Å². The Kier molecular flexibility index (Phi) is 2.91. The number of aromatic nitrogens is 1. The molecule has 17 heavy (non-hydrogen) atoms. The molecule has 1 heterocycles. The van der Waals surface area contributed by atoms with Gasteiger partial charge in [0.15, 0.2) is 0 Å². The van der Waals surface area contributed by atoms with E-state index < -0.39 is 17.6 Å². The lowest BCUT2D eigenvalue weighted by molar-refractivity contribution is -0.137. The molecule has 0 aliphatic rings. The van der Waals surface area contributed by atoms with Gasteiger partial charge in [-0.2, -0.15) is 0 Å². The fourth-order valence-electron chi connectivity index (χ4n) is 1.53. The average Bonchev–Trinajstić information content (AvgIpc) is 2.71. The minimum Gasteiger partial charge on any atom is -0.460 e. The zero-order valence-corrected chi connectivity index (χ0v) is 9.12. The normalized spacial score (nSPS) is 10.5. The molecule has 2 aromatic rings. The molecule has 0 spiro atoms. The van der Waals surface area contributed by atoms with Crippen LogP contribution in [0.1, 0.15) is 17.4 Å². The zero-order valence-electron chi connectivity index (χ0n) is 9.12. The number of rotatable bonds is 3. The SMILES string of the molecule is CCOC(=O)C(=O)c1cc2cc(F)ccc2[nH]1. The Balaban J connectivity index is 2.36. The first-order valence-corrected chi connectivity index (χ1v) is 5.11. The molecular weight excluding hydrogens is 225 g/mol. The Labute approximate surface area is 96.4 Å². The first kappa shape index (κ1) is 11.3. The summed E-state index contributed by atoms with van der Waals surface area (Å²) in [6, 6.07) is 5.50. The second-order valence-electron chi connectivity index (χ2n) is 3.46. The highest BCUT2D eigenvalue weighted by molar-refractivity contribution is 6.40. The number of hydrogen-bond donors (Lipinski definition) is 1. The van der Waals surface area contributed by atoms with Crippen molar-refractivity contribution in [1.82, 2.24) is 4.98 Å². The highest BCUT2D eigenvalue weighted by Crippen LogP contribution is 2.17. The van der Waals surface area contributed by atoms with E-state index in [1.165, 1.54) is 24.3 Å². The molecule has 1 N–H and O–H groups in total. The molecule has 0 unspecified atom stereocenters. The molecule has 0 aliphatic heterocycles. The molecule has 0 fully saturated rings. The van der Waals surface area contributed by atoms with E-state index in [9.17, 15) is 14.0 Å². The van der Waals surface area contributed by atoms with Gasteiger partial charge in [-0.3, -0.25) is 4.79 Å². The number of carbonyl (C=O) groups excluding carboxylic acids is 2. The van der Waals surface area contributed by atoms with Crippen LogP contribution < -0.4 is 0 Å². The predicted molar refractivity (Wildman–Crippen MR) is 59.2 cm³/mol. The Morgan fingerprint density at radius 1 is 1.35 bits per heavy atom. The van der Waals surface area contributed by atoms with E-state index in [1.807, 2.05) is 0 Å². The van der Waals surface area contributed by atoms with Gasteiger partial charge in [-0.1, -0.05) is 0 Å². The summed E-state index contributed by atoms with van der Waals surface area (Å²) in [6.07, 6.45) is 0. The summed E-state index contributed by atoms with van der Waals surface area (Å²) in [5, 5.41) is 0.539. The third-order valence-electron chi connectivity index (χ3n) is 2.29. The van der Waals surface area contributed by atoms with Crippen LogP contribution in [0.15, 0.2) is 24.3 Å². The standard InChI is InChI=1S/C12H10FNO3/c1-2-17-12(16)11(15)10-6-7-5-8(13)3-4-9(7)14-10/h3-6,14H,2H2,1H3. The number of esters is 1. The fourth-order valence-corrected chi connectivity index (χ4v) is 1.53. The summed E-state index contributed by atoms with van der Waals surface area (Å²) in [4.78, 5) is 25.6. The highest BCUT2D eigenvalue weighted by Gasteiger charge is 2.19. The third kappa shape index (κ3) is 2.18. The zero-order chi connectivity index (χ0) is 12.4. The first-order chi connectivity index (χ1) is 8.11. The number of benzene rings is 1. The topological polar surface area (TPSA) is 59.2 Å². The number of Topliss-reactive ketones (excluding diaryl/α,β-unsaturated/α-hetero) is 1. The predicted octanol–water partition coefficient (Wildman–Crippen LogP) is 2.05. The van der Waals surface area contributed by atoms with Gasteiger partial charge in [-0.05, 0) is 31.2 Å². The van der Waals surface area contributed by atoms with E-state index in [1.54, 1.807) is 6.92 Å². The molecule has 0 amide bonds. The van der Waals surface area contributed by atoms with E-state index in [0.717, 1.165) is 0 Å². The van der Waals surface area contributed by atoms with Crippen molar-refractivity contribution < 1.29 is 18.7 Å². The molecule has 1 aromatic carbocycles. The average molecular weight is 235 g/mol. The lowest BCUT2D eigenvalue weighted by atomic mass is 10.2. The maximum Gasteiger partial charge on any atom is 0.381 e. The van der Waals surface area contributed by atoms with Gasteiger partial charge < -0.3 is 9.72 Å². The van der Waals surface area contributed by atoms with Crippen LogP contribution in [-0.2, 0) is 9.53 Å². The molecular formula is C12H10FNO3. The van der Waals surface area contributed by atoms with Crippen LogP contribution in [0.3, 0.4) is 0 Å². The summed E-state index contributed by atoms with van der Waals surface area (Å²) in [6.45, 7) is 1.76. The number of H-pyrrole nitrogens is 1. The molecule has 1 aromatic heterocycles. The van der Waals surface area contributed by atoms with E-state index in [0.29, 0.717) is 10.9 Å². The van der Waals surface area contributed by atoms with Crippen LogP contribution in [0.4, 0.5) is 4.39 Å². The van der Waals surface area contributed by atoms with Crippen LogP contribution in [0.25, 0.3) is 10.9 Å². The third-order valence-corrected chi connectivity index (χ3v) is 2.29. The van der Waals surface area contributed by atoms with Crippen LogP contribution in [0.2, 0.25) is 0 Å². The van der Waals surface area contributed by atoms with Crippen LogP contribution >= 0.6 is 0 Å². The Bertz CT molecular complexity index is 588. The Morgan fingerprint density at radius 2 is 2.12 bits per heavy atom.